The van der Waals surface area contributed by atoms with Gasteiger partial charge in [0.05, 0.1) is 5.69 Å². The first kappa shape index (κ1) is 21.3. The van der Waals surface area contributed by atoms with Crippen LogP contribution in [0.15, 0.2) is 48.1 Å². The Morgan fingerprint density at radius 2 is 2.13 bits per heavy atom. The summed E-state index contributed by atoms with van der Waals surface area (Å²) >= 11 is 1.29. The van der Waals surface area contributed by atoms with Gasteiger partial charge >= 0.3 is 0 Å². The molecule has 5 nitrogen and oxygen atoms in total. The fourth-order valence-corrected chi connectivity index (χ4v) is 4.24. The van der Waals surface area contributed by atoms with Gasteiger partial charge in [-0.2, -0.15) is 4.39 Å². The number of alkyl halides is 2. The van der Waals surface area contributed by atoms with Gasteiger partial charge in [-0.05, 0) is 54.7 Å². The zero-order chi connectivity index (χ0) is 21.8. The standard InChI is InChI=1S/C22H21F3N4OS/c23-19-12-16(7-10-26-19)13-29-11-1-2-18(29)20(30)28-21-27-17(14-31-21)4-3-15-5-8-22(24,25)9-6-15/h1-4,7,10-12,14-15H,5-6,8-9,13H2,(H,27,28,30)/b4-3+. The molecule has 1 aliphatic carbocycles. The normalized spacial score (nSPS) is 16.6. The molecule has 0 atom stereocenters. The first-order valence-electron chi connectivity index (χ1n) is 9.96. The van der Waals surface area contributed by atoms with E-state index in [-0.39, 0.29) is 24.7 Å². The predicted octanol–water partition coefficient (Wildman–Crippen LogP) is 5.62. The van der Waals surface area contributed by atoms with Crippen LogP contribution in [0.4, 0.5) is 18.3 Å². The molecule has 0 radical (unpaired) electrons. The van der Waals surface area contributed by atoms with Crippen LogP contribution >= 0.6 is 11.3 Å². The quantitative estimate of drug-likeness (QED) is 0.500. The lowest BCUT2D eigenvalue weighted by Crippen LogP contribution is -2.23. The summed E-state index contributed by atoms with van der Waals surface area (Å²) in [7, 11) is 0. The van der Waals surface area contributed by atoms with Crippen molar-refractivity contribution < 1.29 is 18.0 Å². The van der Waals surface area contributed by atoms with Crippen LogP contribution in [0.5, 0.6) is 0 Å². The Labute approximate surface area is 181 Å². The molecule has 1 aliphatic rings. The summed E-state index contributed by atoms with van der Waals surface area (Å²) in [6.07, 6.45) is 7.66. The lowest BCUT2D eigenvalue weighted by atomic mass is 9.86. The van der Waals surface area contributed by atoms with Crippen molar-refractivity contribution in [1.29, 1.82) is 0 Å². The number of nitrogens with zero attached hydrogens (tertiary/aromatic N) is 3. The average Bonchev–Trinajstić information content (AvgIpc) is 3.36. The lowest BCUT2D eigenvalue weighted by Gasteiger charge is -2.26. The maximum absolute atomic E-state index is 13.3. The Morgan fingerprint density at radius 3 is 2.90 bits per heavy atom. The minimum Gasteiger partial charge on any atom is -0.339 e. The van der Waals surface area contributed by atoms with Crippen molar-refractivity contribution in [3.05, 3.63) is 71.0 Å². The molecule has 0 aromatic carbocycles. The topological polar surface area (TPSA) is 59.8 Å². The molecule has 0 unspecified atom stereocenters. The first-order valence-corrected chi connectivity index (χ1v) is 10.8. The van der Waals surface area contributed by atoms with Gasteiger partial charge in [-0.1, -0.05) is 6.08 Å². The fraction of sp³-hybridized carbons (Fsp3) is 0.318. The van der Waals surface area contributed by atoms with Crippen LogP contribution in [0.3, 0.4) is 0 Å². The molecule has 31 heavy (non-hydrogen) atoms. The van der Waals surface area contributed by atoms with Gasteiger partial charge in [0.1, 0.15) is 5.69 Å². The van der Waals surface area contributed by atoms with Gasteiger partial charge in [0, 0.05) is 37.2 Å². The van der Waals surface area contributed by atoms with Gasteiger partial charge in [0.25, 0.3) is 5.91 Å². The third kappa shape index (κ3) is 5.61. The van der Waals surface area contributed by atoms with Crippen LogP contribution in [-0.2, 0) is 6.54 Å². The Morgan fingerprint density at radius 1 is 1.32 bits per heavy atom. The SMILES string of the molecule is O=C(Nc1nc(/C=C/C2CCC(F)(F)CC2)cs1)c1cccn1Cc1ccnc(F)c1. The highest BCUT2D eigenvalue weighted by atomic mass is 32.1. The van der Waals surface area contributed by atoms with E-state index in [0.717, 1.165) is 0 Å². The van der Waals surface area contributed by atoms with Crippen molar-refractivity contribution in [2.24, 2.45) is 5.92 Å². The number of thiazole rings is 1. The second-order valence-electron chi connectivity index (χ2n) is 7.59. The van der Waals surface area contributed by atoms with Gasteiger partial charge < -0.3 is 4.57 Å². The second-order valence-corrected chi connectivity index (χ2v) is 8.45. The third-order valence-corrected chi connectivity index (χ3v) is 6.03. The molecule has 9 heteroatoms. The number of hydrogen-bond acceptors (Lipinski definition) is 4. The molecule has 0 aliphatic heterocycles. The minimum atomic E-state index is -2.54. The minimum absolute atomic E-state index is 0.0772. The molecule has 1 saturated carbocycles. The molecule has 1 amide bonds. The molecule has 162 valence electrons. The lowest BCUT2D eigenvalue weighted by molar-refractivity contribution is -0.0410. The summed E-state index contributed by atoms with van der Waals surface area (Å²) in [5.41, 5.74) is 1.80. The number of aromatic nitrogens is 3. The summed E-state index contributed by atoms with van der Waals surface area (Å²) in [6, 6.07) is 6.45. The second kappa shape index (κ2) is 9.05. The molecule has 0 saturated heterocycles. The number of nitrogens with one attached hydrogen (secondary N) is 1. The smallest absolute Gasteiger partial charge is 0.274 e. The number of carbonyl (C=O) groups is 1. The summed E-state index contributed by atoms with van der Waals surface area (Å²) < 4.78 is 41.5. The largest absolute Gasteiger partial charge is 0.339 e. The van der Waals surface area contributed by atoms with Crippen LogP contribution < -0.4 is 5.32 Å². The molecule has 1 N–H and O–H groups in total. The van der Waals surface area contributed by atoms with Gasteiger partial charge in [0.15, 0.2) is 5.13 Å². The number of rotatable bonds is 6. The third-order valence-electron chi connectivity index (χ3n) is 5.25. The van der Waals surface area contributed by atoms with E-state index in [1.54, 1.807) is 29.0 Å². The van der Waals surface area contributed by atoms with Crippen LogP contribution in [0.1, 0.15) is 47.4 Å². The van der Waals surface area contributed by atoms with E-state index in [1.165, 1.54) is 23.6 Å². The number of carbonyl (C=O) groups excluding carboxylic acids is 1. The van der Waals surface area contributed by atoms with Crippen molar-refractivity contribution >= 4 is 28.5 Å². The zero-order valence-electron chi connectivity index (χ0n) is 16.6. The van der Waals surface area contributed by atoms with Crippen molar-refractivity contribution in [2.75, 3.05) is 5.32 Å². The van der Waals surface area contributed by atoms with E-state index in [4.69, 9.17) is 0 Å². The van der Waals surface area contributed by atoms with Crippen molar-refractivity contribution in [2.45, 2.75) is 38.2 Å². The monoisotopic (exact) mass is 446 g/mol. The van der Waals surface area contributed by atoms with Gasteiger partial charge in [-0.15, -0.1) is 11.3 Å². The molecule has 3 heterocycles. The molecular formula is C22H21F3N4OS. The fourth-order valence-electron chi connectivity index (χ4n) is 3.57. The number of hydrogen-bond donors (Lipinski definition) is 1. The molecule has 1 fully saturated rings. The van der Waals surface area contributed by atoms with E-state index < -0.39 is 11.9 Å². The molecule has 0 bridgehead atoms. The molecule has 4 rings (SSSR count). The van der Waals surface area contributed by atoms with Crippen LogP contribution in [0.25, 0.3) is 6.08 Å². The van der Waals surface area contributed by atoms with Gasteiger partial charge in [-0.25, -0.2) is 18.7 Å². The van der Waals surface area contributed by atoms with Crippen LogP contribution in [0.2, 0.25) is 0 Å². The average molecular weight is 446 g/mol. The van der Waals surface area contributed by atoms with Crippen LogP contribution in [0, 0.1) is 11.9 Å². The molecule has 3 aromatic rings. The highest BCUT2D eigenvalue weighted by Gasteiger charge is 2.33. The highest BCUT2D eigenvalue weighted by Crippen LogP contribution is 2.36. The van der Waals surface area contributed by atoms with Crippen molar-refractivity contribution in [3.63, 3.8) is 0 Å². The van der Waals surface area contributed by atoms with Crippen LogP contribution in [-0.4, -0.2) is 26.4 Å². The zero-order valence-corrected chi connectivity index (χ0v) is 17.4. The van der Waals surface area contributed by atoms with E-state index in [1.807, 2.05) is 17.5 Å². The maximum Gasteiger partial charge on any atom is 0.274 e. The van der Waals surface area contributed by atoms with E-state index in [2.05, 4.69) is 15.3 Å². The Balaban J connectivity index is 1.36. The van der Waals surface area contributed by atoms with E-state index in [0.29, 0.717) is 41.5 Å². The number of anilines is 1. The van der Waals surface area contributed by atoms with Gasteiger partial charge in [0.2, 0.25) is 11.9 Å². The summed E-state index contributed by atoms with van der Waals surface area (Å²) in [4.78, 5) is 20.6. The Kier molecular flexibility index (Phi) is 6.22. The molecule has 3 aromatic heterocycles. The first-order chi connectivity index (χ1) is 14.9. The summed E-state index contributed by atoms with van der Waals surface area (Å²) in [6.45, 7) is 0.335. The Hall–Kier alpha value is -2.94. The number of pyridine rings is 1. The summed E-state index contributed by atoms with van der Waals surface area (Å²) in [5.74, 6) is -3.30. The van der Waals surface area contributed by atoms with Crippen molar-refractivity contribution in [3.8, 4) is 0 Å². The van der Waals surface area contributed by atoms with E-state index in [9.17, 15) is 18.0 Å². The van der Waals surface area contributed by atoms with E-state index >= 15 is 0 Å². The number of halogens is 3. The van der Waals surface area contributed by atoms with Gasteiger partial charge in [-0.3, -0.25) is 10.1 Å². The highest BCUT2D eigenvalue weighted by molar-refractivity contribution is 7.14. The maximum atomic E-state index is 13.3. The van der Waals surface area contributed by atoms with Crippen molar-refractivity contribution in [1.82, 2.24) is 14.5 Å². The molecule has 0 spiro atoms. The summed E-state index contributed by atoms with van der Waals surface area (Å²) in [5, 5.41) is 5.03. The Bertz CT molecular complexity index is 1080. The molecular weight excluding hydrogens is 425 g/mol. The number of allylic oxidation sites excluding steroid dienone is 1. The predicted molar refractivity (Wildman–Crippen MR) is 114 cm³/mol. The number of amides is 1.